The van der Waals surface area contributed by atoms with E-state index < -0.39 is 12.1 Å². The Morgan fingerprint density at radius 2 is 1.21 bits per heavy atom. The molecule has 48 heavy (non-hydrogen) atoms. The number of carbonyl (C=O) groups is 1. The van der Waals surface area contributed by atoms with Crippen LogP contribution in [0.3, 0.4) is 0 Å². The Morgan fingerprint density at radius 1 is 0.667 bits per heavy atom. The number of aryl methyl sites for hydroxylation is 1. The van der Waals surface area contributed by atoms with E-state index in [1.807, 2.05) is 6.08 Å². The van der Waals surface area contributed by atoms with Gasteiger partial charge in [0, 0.05) is 6.42 Å². The Kier molecular flexibility index (Phi) is 17.3. The third-order valence-corrected chi connectivity index (χ3v) is 10.2. The molecule has 0 bridgehead atoms. The van der Waals surface area contributed by atoms with E-state index in [-0.39, 0.29) is 12.5 Å². The largest absolute Gasteiger partial charge is 0.394 e. The van der Waals surface area contributed by atoms with E-state index in [9.17, 15) is 15.0 Å². The number of carbonyl (C=O) groups excluding carboxylic acids is 1. The minimum Gasteiger partial charge on any atom is -0.394 e. The molecule has 0 aliphatic rings. The first-order valence-corrected chi connectivity index (χ1v) is 19.5. The number of hydrogen-bond donors (Lipinski definition) is 3. The summed E-state index contributed by atoms with van der Waals surface area (Å²) in [5, 5.41) is 31.2. The Balaban J connectivity index is 1.01. The first kappa shape index (κ1) is 37.9. The van der Waals surface area contributed by atoms with Gasteiger partial charge < -0.3 is 15.5 Å². The van der Waals surface area contributed by atoms with Gasteiger partial charge in [0.25, 0.3) is 0 Å². The maximum absolute atomic E-state index is 12.5. The van der Waals surface area contributed by atoms with Crippen molar-refractivity contribution in [2.24, 2.45) is 0 Å². The zero-order valence-electron chi connectivity index (χ0n) is 29.9. The molecule has 0 saturated heterocycles. The van der Waals surface area contributed by atoms with Crippen molar-refractivity contribution in [2.75, 3.05) is 6.61 Å². The second-order valence-electron chi connectivity index (χ2n) is 14.2. The van der Waals surface area contributed by atoms with Gasteiger partial charge in [-0.25, -0.2) is 0 Å². The molecule has 4 aromatic carbocycles. The Bertz CT molecular complexity index is 1480. The third-order valence-electron chi connectivity index (χ3n) is 10.2. The summed E-state index contributed by atoms with van der Waals surface area (Å²) in [5.41, 5.74) is 1.46. The molecule has 0 aliphatic heterocycles. The number of allylic oxidation sites excluding steroid dienone is 1. The highest BCUT2D eigenvalue weighted by Crippen LogP contribution is 2.36. The zero-order chi connectivity index (χ0) is 33.8. The summed E-state index contributed by atoms with van der Waals surface area (Å²) in [5.74, 6) is -0.0832. The molecule has 2 atom stereocenters. The van der Waals surface area contributed by atoms with Gasteiger partial charge in [0.2, 0.25) is 5.91 Å². The average Bonchev–Trinajstić information content (AvgIpc) is 3.11. The van der Waals surface area contributed by atoms with E-state index in [4.69, 9.17) is 0 Å². The smallest absolute Gasteiger partial charge is 0.220 e. The topological polar surface area (TPSA) is 69.6 Å². The highest BCUT2D eigenvalue weighted by molar-refractivity contribution is 6.23. The van der Waals surface area contributed by atoms with Crippen LogP contribution in [0.25, 0.3) is 32.3 Å². The summed E-state index contributed by atoms with van der Waals surface area (Å²) in [6.07, 6.45) is 27.8. The molecule has 4 nitrogen and oxygen atoms in total. The van der Waals surface area contributed by atoms with Gasteiger partial charge in [-0.2, -0.15) is 0 Å². The summed E-state index contributed by atoms with van der Waals surface area (Å²) < 4.78 is 0. The summed E-state index contributed by atoms with van der Waals surface area (Å²) in [7, 11) is 0. The standard InChI is InChI=1S/C44H63NO3/c1-2-3-4-5-6-7-8-9-10-11-14-17-20-26-41(47)40(34-46)45-42(48)27-21-18-15-12-13-16-19-23-35-28-29-38-31-30-36-24-22-25-37-32-33-39(35)44(38)43(36)37/h20,22,24-26,28-33,40-41,46-47H,2-19,21,23,27,34H2,1H3,(H,45,48)/b26-20+/t40-,41+/m0/s1. The van der Waals surface area contributed by atoms with Crippen LogP contribution in [0.5, 0.6) is 0 Å². The molecule has 262 valence electrons. The number of amides is 1. The lowest BCUT2D eigenvalue weighted by Crippen LogP contribution is -2.45. The summed E-state index contributed by atoms with van der Waals surface area (Å²) in [6, 6.07) is 19.6. The van der Waals surface area contributed by atoms with E-state index >= 15 is 0 Å². The molecular formula is C44H63NO3. The van der Waals surface area contributed by atoms with Crippen LogP contribution in [0.4, 0.5) is 0 Å². The first-order valence-electron chi connectivity index (χ1n) is 19.5. The lowest BCUT2D eigenvalue weighted by molar-refractivity contribution is -0.123. The van der Waals surface area contributed by atoms with Crippen LogP contribution < -0.4 is 5.32 Å². The maximum atomic E-state index is 12.5. The number of benzene rings is 4. The second-order valence-corrected chi connectivity index (χ2v) is 14.2. The van der Waals surface area contributed by atoms with Crippen LogP contribution in [-0.4, -0.2) is 34.9 Å². The van der Waals surface area contributed by atoms with E-state index in [1.54, 1.807) is 6.08 Å². The highest BCUT2D eigenvalue weighted by Gasteiger charge is 2.18. The maximum Gasteiger partial charge on any atom is 0.220 e. The van der Waals surface area contributed by atoms with Gasteiger partial charge in [-0.15, -0.1) is 0 Å². The van der Waals surface area contributed by atoms with Crippen molar-refractivity contribution >= 4 is 38.2 Å². The fourth-order valence-corrected chi connectivity index (χ4v) is 7.31. The van der Waals surface area contributed by atoms with Crippen LogP contribution >= 0.6 is 0 Å². The third kappa shape index (κ3) is 12.2. The van der Waals surface area contributed by atoms with Crippen molar-refractivity contribution in [3.05, 3.63) is 72.3 Å². The summed E-state index contributed by atoms with van der Waals surface area (Å²) in [6.45, 7) is 2.00. The van der Waals surface area contributed by atoms with Gasteiger partial charge in [-0.1, -0.05) is 170 Å². The fraction of sp³-hybridized carbons (Fsp3) is 0.568. The van der Waals surface area contributed by atoms with Crippen LogP contribution in [0, 0.1) is 0 Å². The number of rotatable bonds is 26. The van der Waals surface area contributed by atoms with Gasteiger partial charge in [0.15, 0.2) is 0 Å². The van der Waals surface area contributed by atoms with Crippen LogP contribution in [-0.2, 0) is 11.2 Å². The lowest BCUT2D eigenvalue weighted by Gasteiger charge is -2.20. The molecule has 0 aliphatic carbocycles. The number of nitrogens with one attached hydrogen (secondary N) is 1. The number of aliphatic hydroxyl groups excluding tert-OH is 2. The highest BCUT2D eigenvalue weighted by atomic mass is 16.3. The van der Waals surface area contributed by atoms with Gasteiger partial charge >= 0.3 is 0 Å². The zero-order valence-corrected chi connectivity index (χ0v) is 29.9. The van der Waals surface area contributed by atoms with E-state index in [1.165, 1.54) is 128 Å². The fourth-order valence-electron chi connectivity index (χ4n) is 7.31. The second kappa shape index (κ2) is 21.9. The van der Waals surface area contributed by atoms with Crippen LogP contribution in [0.1, 0.15) is 141 Å². The first-order chi connectivity index (χ1) is 23.6. The monoisotopic (exact) mass is 653 g/mol. The van der Waals surface area contributed by atoms with E-state index in [2.05, 4.69) is 66.8 Å². The quantitative estimate of drug-likeness (QED) is 0.0359. The van der Waals surface area contributed by atoms with Crippen LogP contribution in [0.15, 0.2) is 66.7 Å². The Hall–Kier alpha value is -2.95. The van der Waals surface area contributed by atoms with Gasteiger partial charge in [0.1, 0.15) is 0 Å². The number of hydrogen-bond acceptors (Lipinski definition) is 3. The van der Waals surface area contributed by atoms with Gasteiger partial charge in [0.05, 0.1) is 18.8 Å². The van der Waals surface area contributed by atoms with Crippen molar-refractivity contribution in [1.82, 2.24) is 5.32 Å². The molecule has 4 heteroatoms. The van der Waals surface area contributed by atoms with Crippen LogP contribution in [0.2, 0.25) is 0 Å². The molecule has 0 radical (unpaired) electrons. The van der Waals surface area contributed by atoms with Gasteiger partial charge in [-0.05, 0) is 70.0 Å². The normalized spacial score (nSPS) is 13.3. The minimum absolute atomic E-state index is 0.0832. The molecule has 0 heterocycles. The molecule has 0 spiro atoms. The molecule has 0 saturated carbocycles. The van der Waals surface area contributed by atoms with Crippen molar-refractivity contribution in [3.63, 3.8) is 0 Å². The lowest BCUT2D eigenvalue weighted by atomic mass is 9.90. The molecular weight excluding hydrogens is 590 g/mol. The predicted octanol–water partition coefficient (Wildman–Crippen LogP) is 11.3. The molecule has 0 fully saturated rings. The minimum atomic E-state index is -0.854. The Morgan fingerprint density at radius 3 is 1.85 bits per heavy atom. The van der Waals surface area contributed by atoms with Gasteiger partial charge in [-0.3, -0.25) is 4.79 Å². The van der Waals surface area contributed by atoms with E-state index in [0.29, 0.717) is 6.42 Å². The van der Waals surface area contributed by atoms with E-state index in [0.717, 1.165) is 38.5 Å². The molecule has 1 amide bonds. The summed E-state index contributed by atoms with van der Waals surface area (Å²) in [4.78, 5) is 12.5. The van der Waals surface area contributed by atoms with Crippen molar-refractivity contribution in [1.29, 1.82) is 0 Å². The predicted molar refractivity (Wildman–Crippen MR) is 206 cm³/mol. The number of unbranched alkanes of at least 4 members (excludes halogenated alkanes) is 17. The SMILES string of the molecule is CCCCCCCCCCCCC/C=C/[C@@H](O)[C@H](CO)NC(=O)CCCCCCCCCc1ccc2ccc3cccc4ccc1c2c34. The van der Waals surface area contributed by atoms with Crippen molar-refractivity contribution in [2.45, 2.75) is 154 Å². The molecule has 4 rings (SSSR count). The average molecular weight is 654 g/mol. The number of aliphatic hydroxyl groups is 2. The summed E-state index contributed by atoms with van der Waals surface area (Å²) >= 11 is 0. The Labute approximate surface area is 290 Å². The molecule has 4 aromatic rings. The van der Waals surface area contributed by atoms with Crippen molar-refractivity contribution in [3.8, 4) is 0 Å². The van der Waals surface area contributed by atoms with Crippen molar-refractivity contribution < 1.29 is 15.0 Å². The molecule has 0 aromatic heterocycles. The molecule has 3 N–H and O–H groups in total. The molecule has 0 unspecified atom stereocenters.